The monoisotopic (exact) mass is 462 g/mol. The van der Waals surface area contributed by atoms with Crippen molar-refractivity contribution in [3.63, 3.8) is 0 Å². The van der Waals surface area contributed by atoms with Gasteiger partial charge >= 0.3 is 0 Å². The Bertz CT molecular complexity index is 1230. The van der Waals surface area contributed by atoms with Crippen LogP contribution >= 0.6 is 0 Å². The number of sulfone groups is 1. The summed E-state index contributed by atoms with van der Waals surface area (Å²) in [5.74, 6) is -0.689. The zero-order valence-corrected chi connectivity index (χ0v) is 18.5. The number of aryl methyl sites for hydroxylation is 2. The normalized spacial score (nSPS) is 13.1. The maximum absolute atomic E-state index is 13.6. The summed E-state index contributed by atoms with van der Waals surface area (Å²) in [6.07, 6.45) is 3.19. The Morgan fingerprint density at radius 2 is 1.74 bits per heavy atom. The summed E-state index contributed by atoms with van der Waals surface area (Å²) in [7, 11) is -7.75. The van der Waals surface area contributed by atoms with Gasteiger partial charge in [-0.3, -0.25) is 4.98 Å². The van der Waals surface area contributed by atoms with Crippen LogP contribution in [0.4, 0.5) is 4.39 Å². The molecule has 164 valence electrons. The van der Waals surface area contributed by atoms with Crippen LogP contribution < -0.4 is 4.72 Å². The van der Waals surface area contributed by atoms with E-state index in [2.05, 4.69) is 9.71 Å². The number of hydrogen-bond donors (Lipinski definition) is 1. The summed E-state index contributed by atoms with van der Waals surface area (Å²) in [6.45, 7) is 1.11. The molecule has 1 heterocycles. The third-order valence-electron chi connectivity index (χ3n) is 4.88. The largest absolute Gasteiger partial charge is 0.264 e. The van der Waals surface area contributed by atoms with Crippen LogP contribution in [0.25, 0.3) is 0 Å². The Morgan fingerprint density at radius 1 is 1.00 bits per heavy atom. The fourth-order valence-electron chi connectivity index (χ4n) is 3.10. The van der Waals surface area contributed by atoms with E-state index in [9.17, 15) is 21.2 Å². The molecule has 0 aliphatic rings. The van der Waals surface area contributed by atoms with Gasteiger partial charge in [-0.2, -0.15) is 0 Å². The van der Waals surface area contributed by atoms with Crippen LogP contribution in [0.2, 0.25) is 0 Å². The van der Waals surface area contributed by atoms with E-state index in [1.807, 2.05) is 30.3 Å². The highest BCUT2D eigenvalue weighted by Gasteiger charge is 2.31. The van der Waals surface area contributed by atoms with Crippen LogP contribution in [0.1, 0.15) is 21.9 Å². The average molecular weight is 463 g/mol. The lowest BCUT2D eigenvalue weighted by Gasteiger charge is -2.19. The van der Waals surface area contributed by atoms with Crippen LogP contribution in [0.15, 0.2) is 78.0 Å². The first-order valence-electron chi connectivity index (χ1n) is 9.60. The number of halogens is 1. The van der Waals surface area contributed by atoms with E-state index in [0.29, 0.717) is 12.0 Å². The highest BCUT2D eigenvalue weighted by molar-refractivity contribution is 7.92. The minimum atomic E-state index is -4.02. The van der Waals surface area contributed by atoms with Gasteiger partial charge in [-0.05, 0) is 54.3 Å². The minimum Gasteiger partial charge on any atom is -0.264 e. The van der Waals surface area contributed by atoms with E-state index in [1.165, 1.54) is 31.5 Å². The predicted octanol–water partition coefficient (Wildman–Crippen LogP) is 3.21. The fourth-order valence-corrected chi connectivity index (χ4v) is 6.01. The summed E-state index contributed by atoms with van der Waals surface area (Å²) in [5.41, 5.74) is 1.40. The second-order valence-electron chi connectivity index (χ2n) is 7.13. The van der Waals surface area contributed by atoms with Crippen LogP contribution in [-0.2, 0) is 26.3 Å². The molecule has 0 amide bonds. The molecule has 0 aliphatic carbocycles. The lowest BCUT2D eigenvalue weighted by atomic mass is 10.2. The van der Waals surface area contributed by atoms with Crippen molar-refractivity contribution in [2.75, 3.05) is 12.3 Å². The third-order valence-corrected chi connectivity index (χ3v) is 8.33. The van der Waals surface area contributed by atoms with Crippen molar-refractivity contribution in [1.82, 2.24) is 9.71 Å². The Balaban J connectivity index is 1.84. The number of hydrogen-bond acceptors (Lipinski definition) is 5. The molecule has 3 rings (SSSR count). The molecule has 0 aliphatic heterocycles. The van der Waals surface area contributed by atoms with Crippen molar-refractivity contribution >= 4 is 19.9 Å². The molecule has 0 spiro atoms. The van der Waals surface area contributed by atoms with E-state index in [4.69, 9.17) is 0 Å². The van der Waals surface area contributed by atoms with Crippen molar-refractivity contribution in [1.29, 1.82) is 0 Å². The standard InChI is InChI=1S/C22H23FN2O4S2/c1-17-14-20(9-10-21(17)23)31(28,29)22(19-8-5-12-24-15-19)16-25-30(26,27)13-11-18-6-3-2-4-7-18/h2-10,12,14-15,22,25H,11,13,16H2,1H3. The third kappa shape index (κ3) is 5.96. The first kappa shape index (κ1) is 23.1. The Kier molecular flexibility index (Phi) is 7.19. The van der Waals surface area contributed by atoms with Gasteiger partial charge in [0.15, 0.2) is 9.84 Å². The van der Waals surface area contributed by atoms with Gasteiger partial charge in [0.1, 0.15) is 11.1 Å². The van der Waals surface area contributed by atoms with E-state index >= 15 is 0 Å². The van der Waals surface area contributed by atoms with Gasteiger partial charge in [0.2, 0.25) is 10.0 Å². The number of aromatic nitrogens is 1. The van der Waals surface area contributed by atoms with E-state index in [0.717, 1.165) is 11.6 Å². The molecule has 1 unspecified atom stereocenters. The maximum Gasteiger partial charge on any atom is 0.211 e. The van der Waals surface area contributed by atoms with Gasteiger partial charge in [-0.25, -0.2) is 25.9 Å². The predicted molar refractivity (Wildman–Crippen MR) is 117 cm³/mol. The Hall–Kier alpha value is -2.62. The van der Waals surface area contributed by atoms with Gasteiger partial charge in [-0.15, -0.1) is 0 Å². The molecule has 2 aromatic carbocycles. The van der Waals surface area contributed by atoms with Gasteiger partial charge < -0.3 is 0 Å². The van der Waals surface area contributed by atoms with Gasteiger partial charge in [0, 0.05) is 18.9 Å². The number of pyridine rings is 1. The molecule has 0 saturated carbocycles. The number of nitrogens with zero attached hydrogens (tertiary/aromatic N) is 1. The molecule has 3 aromatic rings. The first-order chi connectivity index (χ1) is 14.7. The number of rotatable bonds is 9. The molecule has 0 bridgehead atoms. The van der Waals surface area contributed by atoms with E-state index in [1.54, 1.807) is 12.1 Å². The lowest BCUT2D eigenvalue weighted by Crippen LogP contribution is -2.34. The zero-order chi connectivity index (χ0) is 22.5. The van der Waals surface area contributed by atoms with Gasteiger partial charge in [-0.1, -0.05) is 36.4 Å². The molecule has 1 atom stereocenters. The summed E-state index contributed by atoms with van der Waals surface area (Å²) >= 11 is 0. The molecule has 0 saturated heterocycles. The second-order valence-corrected chi connectivity index (χ2v) is 11.2. The SMILES string of the molecule is Cc1cc(S(=O)(=O)C(CNS(=O)(=O)CCc2ccccc2)c2cccnc2)ccc1F. The molecule has 1 N–H and O–H groups in total. The molecular weight excluding hydrogens is 439 g/mol. The molecule has 1 aromatic heterocycles. The summed E-state index contributed by atoms with van der Waals surface area (Å²) in [5, 5.41) is -1.21. The van der Waals surface area contributed by atoms with Crippen LogP contribution in [0.3, 0.4) is 0 Å². The van der Waals surface area contributed by atoms with Crippen molar-refractivity contribution in [2.45, 2.75) is 23.5 Å². The number of benzene rings is 2. The summed E-state index contributed by atoms with van der Waals surface area (Å²) in [4.78, 5) is 3.88. The molecular formula is C22H23FN2O4S2. The van der Waals surface area contributed by atoms with Gasteiger partial charge in [0.25, 0.3) is 0 Å². The topological polar surface area (TPSA) is 93.2 Å². The first-order valence-corrected chi connectivity index (χ1v) is 12.8. The Labute approximate surface area is 182 Å². The lowest BCUT2D eigenvalue weighted by molar-refractivity contribution is 0.567. The number of sulfonamides is 1. The summed E-state index contributed by atoms with van der Waals surface area (Å²) < 4.78 is 67.7. The molecule has 6 nitrogen and oxygen atoms in total. The van der Waals surface area contributed by atoms with Crippen LogP contribution in [-0.4, -0.2) is 34.1 Å². The van der Waals surface area contributed by atoms with Crippen molar-refractivity contribution in [2.24, 2.45) is 0 Å². The second kappa shape index (κ2) is 9.67. The average Bonchev–Trinajstić information content (AvgIpc) is 2.75. The van der Waals surface area contributed by atoms with Crippen LogP contribution in [0.5, 0.6) is 0 Å². The van der Waals surface area contributed by atoms with Crippen molar-refractivity contribution < 1.29 is 21.2 Å². The van der Waals surface area contributed by atoms with Gasteiger partial charge in [0.05, 0.1) is 10.6 Å². The van der Waals surface area contributed by atoms with Crippen molar-refractivity contribution in [3.05, 3.63) is 95.6 Å². The van der Waals surface area contributed by atoms with Crippen molar-refractivity contribution in [3.8, 4) is 0 Å². The summed E-state index contributed by atoms with van der Waals surface area (Å²) in [6, 6.07) is 15.8. The molecule has 0 fully saturated rings. The fraction of sp³-hybridized carbons (Fsp3) is 0.227. The van der Waals surface area contributed by atoms with E-state index < -0.39 is 30.9 Å². The van der Waals surface area contributed by atoms with Crippen LogP contribution in [0, 0.1) is 12.7 Å². The highest BCUT2D eigenvalue weighted by Crippen LogP contribution is 2.29. The highest BCUT2D eigenvalue weighted by atomic mass is 32.2. The molecule has 0 radical (unpaired) electrons. The maximum atomic E-state index is 13.6. The minimum absolute atomic E-state index is 0.0799. The molecule has 31 heavy (non-hydrogen) atoms. The zero-order valence-electron chi connectivity index (χ0n) is 16.9. The number of nitrogens with one attached hydrogen (secondary N) is 1. The quantitative estimate of drug-likeness (QED) is 0.493. The molecule has 9 heteroatoms. The smallest absolute Gasteiger partial charge is 0.211 e. The van der Waals surface area contributed by atoms with E-state index in [-0.39, 0.29) is 22.8 Å². The Morgan fingerprint density at radius 3 is 2.39 bits per heavy atom.